The van der Waals surface area contributed by atoms with E-state index in [2.05, 4.69) is 39.9 Å². The number of amides is 2. The van der Waals surface area contributed by atoms with Crippen LogP contribution in [0.25, 0.3) is 11.1 Å². The van der Waals surface area contributed by atoms with Crippen LogP contribution in [0.3, 0.4) is 0 Å². The predicted molar refractivity (Wildman–Crippen MR) is 132 cm³/mol. The Morgan fingerprint density at radius 2 is 1.69 bits per heavy atom. The lowest BCUT2D eigenvalue weighted by molar-refractivity contribution is -0.132. The molecule has 180 valence electrons. The van der Waals surface area contributed by atoms with Crippen molar-refractivity contribution in [1.82, 2.24) is 15.6 Å². The molecule has 4 rings (SSSR count). The molecule has 1 aliphatic carbocycles. The van der Waals surface area contributed by atoms with E-state index in [-0.39, 0.29) is 36.9 Å². The molecule has 1 aliphatic rings. The van der Waals surface area contributed by atoms with Crippen LogP contribution in [0.5, 0.6) is 0 Å². The number of thiazole rings is 1. The van der Waals surface area contributed by atoms with Crippen LogP contribution in [0.4, 0.5) is 4.79 Å². The third kappa shape index (κ3) is 5.41. The number of nitrogens with zero attached hydrogens (tertiary/aromatic N) is 1. The fraction of sp³-hybridized carbons (Fsp3) is 0.231. The quantitative estimate of drug-likeness (QED) is 0.406. The number of carboxylic acid groups (broad SMARTS) is 1. The fourth-order valence-electron chi connectivity index (χ4n) is 4.00. The summed E-state index contributed by atoms with van der Waals surface area (Å²) < 4.78 is 5.53. The van der Waals surface area contributed by atoms with E-state index in [4.69, 9.17) is 9.84 Å². The number of fused-ring (bicyclic) bond motifs is 3. The summed E-state index contributed by atoms with van der Waals surface area (Å²) in [6, 6.07) is 16.3. The normalized spacial score (nSPS) is 12.6. The highest BCUT2D eigenvalue weighted by atomic mass is 32.1. The molecule has 0 saturated heterocycles. The van der Waals surface area contributed by atoms with Gasteiger partial charge in [0.05, 0.1) is 6.54 Å². The van der Waals surface area contributed by atoms with Gasteiger partial charge in [-0.25, -0.2) is 14.6 Å². The number of hydrogen-bond acceptors (Lipinski definition) is 6. The summed E-state index contributed by atoms with van der Waals surface area (Å²) in [7, 11) is 0. The summed E-state index contributed by atoms with van der Waals surface area (Å²) in [5.74, 6) is -1.46. The number of benzene rings is 2. The van der Waals surface area contributed by atoms with Gasteiger partial charge in [0.2, 0.25) is 0 Å². The van der Waals surface area contributed by atoms with E-state index in [1.54, 1.807) is 6.92 Å². The molecule has 9 heteroatoms. The van der Waals surface area contributed by atoms with Crippen molar-refractivity contribution < 1.29 is 24.2 Å². The van der Waals surface area contributed by atoms with Crippen LogP contribution in [0, 0.1) is 6.92 Å². The monoisotopic (exact) mass is 491 g/mol. The van der Waals surface area contributed by atoms with Crippen LogP contribution in [-0.4, -0.2) is 41.2 Å². The van der Waals surface area contributed by atoms with Crippen LogP contribution in [0.15, 0.2) is 60.2 Å². The zero-order valence-corrected chi connectivity index (χ0v) is 20.1. The molecule has 0 radical (unpaired) electrons. The van der Waals surface area contributed by atoms with Gasteiger partial charge in [0.1, 0.15) is 17.3 Å². The van der Waals surface area contributed by atoms with E-state index in [1.807, 2.05) is 24.3 Å². The Morgan fingerprint density at radius 3 is 2.31 bits per heavy atom. The molecule has 3 N–H and O–H groups in total. The number of ether oxygens (including phenoxy) is 1. The molecule has 8 nitrogen and oxygen atoms in total. The van der Waals surface area contributed by atoms with Crippen molar-refractivity contribution >= 4 is 29.3 Å². The summed E-state index contributed by atoms with van der Waals surface area (Å²) in [6.45, 7) is 3.65. The zero-order chi connectivity index (χ0) is 24.9. The topological polar surface area (TPSA) is 118 Å². The molecule has 0 spiro atoms. The second-order valence-corrected chi connectivity index (χ2v) is 9.38. The van der Waals surface area contributed by atoms with Crippen molar-refractivity contribution in [3.8, 4) is 11.1 Å². The SMILES string of the molecule is C/C(=C\CNC(=O)c1nc(CNC(=O)OCC2c3ccccc3-c3ccccc32)sc1C)C(=O)O. The summed E-state index contributed by atoms with van der Waals surface area (Å²) in [5, 5.41) is 14.8. The Balaban J connectivity index is 1.31. The minimum atomic E-state index is -1.04. The van der Waals surface area contributed by atoms with Crippen molar-refractivity contribution in [2.24, 2.45) is 0 Å². The maximum absolute atomic E-state index is 12.4. The van der Waals surface area contributed by atoms with Gasteiger partial charge in [-0.3, -0.25) is 4.79 Å². The molecule has 1 aromatic heterocycles. The van der Waals surface area contributed by atoms with Gasteiger partial charge in [0.25, 0.3) is 5.91 Å². The number of rotatable bonds is 8. The molecule has 0 bridgehead atoms. The van der Waals surface area contributed by atoms with Crippen LogP contribution in [0.2, 0.25) is 0 Å². The summed E-state index contributed by atoms with van der Waals surface area (Å²) in [4.78, 5) is 40.6. The molecule has 0 atom stereocenters. The lowest BCUT2D eigenvalue weighted by Crippen LogP contribution is -2.26. The molecule has 0 aliphatic heterocycles. The smallest absolute Gasteiger partial charge is 0.407 e. The molecule has 1 heterocycles. The largest absolute Gasteiger partial charge is 0.478 e. The van der Waals surface area contributed by atoms with Crippen molar-refractivity contribution in [3.63, 3.8) is 0 Å². The summed E-state index contributed by atoms with van der Waals surface area (Å²) in [6.07, 6.45) is 0.863. The first-order chi connectivity index (χ1) is 16.8. The fourth-order valence-corrected chi connectivity index (χ4v) is 4.87. The van der Waals surface area contributed by atoms with E-state index in [1.165, 1.54) is 24.3 Å². The van der Waals surface area contributed by atoms with E-state index in [0.717, 1.165) is 22.3 Å². The highest BCUT2D eigenvalue weighted by Crippen LogP contribution is 2.44. The molecule has 2 amide bonds. The Kier molecular flexibility index (Phi) is 7.26. The minimum absolute atomic E-state index is 0.0237. The van der Waals surface area contributed by atoms with Crippen LogP contribution >= 0.6 is 11.3 Å². The molecule has 3 aromatic rings. The summed E-state index contributed by atoms with van der Waals surface area (Å²) in [5.41, 5.74) is 5.00. The van der Waals surface area contributed by atoms with E-state index < -0.39 is 18.0 Å². The van der Waals surface area contributed by atoms with Gasteiger partial charge in [0, 0.05) is 22.9 Å². The molecule has 0 fully saturated rings. The second-order valence-electron chi connectivity index (χ2n) is 8.09. The average Bonchev–Trinajstić information content (AvgIpc) is 3.38. The van der Waals surface area contributed by atoms with Crippen molar-refractivity contribution in [2.75, 3.05) is 13.2 Å². The number of nitrogens with one attached hydrogen (secondary N) is 2. The Bertz CT molecular complexity index is 1270. The van der Waals surface area contributed by atoms with Gasteiger partial charge in [-0.2, -0.15) is 0 Å². The molecule has 35 heavy (non-hydrogen) atoms. The number of hydrogen-bond donors (Lipinski definition) is 3. The summed E-state index contributed by atoms with van der Waals surface area (Å²) >= 11 is 1.30. The lowest BCUT2D eigenvalue weighted by Gasteiger charge is -2.14. The Morgan fingerprint density at radius 1 is 1.06 bits per heavy atom. The van der Waals surface area contributed by atoms with Crippen LogP contribution in [-0.2, 0) is 16.1 Å². The van der Waals surface area contributed by atoms with E-state index in [9.17, 15) is 14.4 Å². The zero-order valence-electron chi connectivity index (χ0n) is 19.3. The number of aryl methyl sites for hydroxylation is 1. The molecular weight excluding hydrogens is 466 g/mol. The average molecular weight is 492 g/mol. The molecule has 0 saturated carbocycles. The lowest BCUT2D eigenvalue weighted by atomic mass is 9.98. The van der Waals surface area contributed by atoms with Gasteiger partial charge >= 0.3 is 12.1 Å². The Labute approximate surface area is 206 Å². The first kappa shape index (κ1) is 24.2. The van der Waals surface area contributed by atoms with Crippen molar-refractivity contribution in [3.05, 3.63) is 86.9 Å². The van der Waals surface area contributed by atoms with Crippen molar-refractivity contribution in [2.45, 2.75) is 26.3 Å². The van der Waals surface area contributed by atoms with Crippen LogP contribution in [0.1, 0.15) is 44.3 Å². The standard InChI is InChI=1S/C26H25N3O5S/c1-15(25(31)32)11-12-27-24(30)23-16(2)35-22(29-23)13-28-26(33)34-14-21-19-9-5-3-7-17(19)18-8-4-6-10-20(18)21/h3-11,21H,12-14H2,1-2H3,(H,27,30)(H,28,33)(H,31,32)/b15-11+. The number of carboxylic acids is 1. The number of alkyl carbamates (subject to hydrolysis) is 1. The van der Waals surface area contributed by atoms with Gasteiger partial charge in [-0.05, 0) is 36.1 Å². The minimum Gasteiger partial charge on any atom is -0.478 e. The maximum Gasteiger partial charge on any atom is 0.407 e. The molecule has 2 aromatic carbocycles. The number of aliphatic carboxylic acids is 1. The first-order valence-corrected chi connectivity index (χ1v) is 11.9. The number of carbonyl (C=O) groups is 3. The highest BCUT2D eigenvalue weighted by molar-refractivity contribution is 7.11. The van der Waals surface area contributed by atoms with Gasteiger partial charge in [-0.15, -0.1) is 11.3 Å². The maximum atomic E-state index is 12.4. The predicted octanol–water partition coefficient (Wildman–Crippen LogP) is 4.25. The van der Waals surface area contributed by atoms with Gasteiger partial charge in [0.15, 0.2) is 0 Å². The number of aromatic nitrogens is 1. The molecular formula is C26H25N3O5S. The van der Waals surface area contributed by atoms with E-state index in [0.29, 0.717) is 9.88 Å². The molecule has 0 unspecified atom stereocenters. The number of carbonyl (C=O) groups excluding carboxylic acids is 2. The second kappa shape index (κ2) is 10.5. The first-order valence-electron chi connectivity index (χ1n) is 11.1. The van der Waals surface area contributed by atoms with Gasteiger partial charge < -0.3 is 20.5 Å². The third-order valence-corrected chi connectivity index (χ3v) is 6.76. The van der Waals surface area contributed by atoms with E-state index >= 15 is 0 Å². The van der Waals surface area contributed by atoms with Crippen LogP contribution < -0.4 is 10.6 Å². The van der Waals surface area contributed by atoms with Crippen molar-refractivity contribution in [1.29, 1.82) is 0 Å². The third-order valence-electron chi connectivity index (χ3n) is 5.79. The van der Waals surface area contributed by atoms with Gasteiger partial charge in [-0.1, -0.05) is 54.6 Å². The highest BCUT2D eigenvalue weighted by Gasteiger charge is 2.29. The Hall–Kier alpha value is -3.98.